The summed E-state index contributed by atoms with van der Waals surface area (Å²) in [7, 11) is 0. The van der Waals surface area contributed by atoms with Gasteiger partial charge < -0.3 is 4.74 Å². The zero-order valence-electron chi connectivity index (χ0n) is 10.6. The van der Waals surface area contributed by atoms with E-state index in [1.165, 1.54) is 0 Å². The summed E-state index contributed by atoms with van der Waals surface area (Å²) in [6.45, 7) is 7.66. The smallest absolute Gasteiger partial charge is 0.135 e. The molecule has 0 aromatic carbocycles. The molecule has 0 unspecified atom stereocenters. The Morgan fingerprint density at radius 2 is 2.19 bits per heavy atom. The lowest BCUT2D eigenvalue weighted by molar-refractivity contribution is -0.125. The maximum atomic E-state index is 11.3. The van der Waals surface area contributed by atoms with Gasteiger partial charge in [-0.15, -0.1) is 0 Å². The summed E-state index contributed by atoms with van der Waals surface area (Å²) in [5, 5.41) is 3.34. The number of Topliss-reactive ketones (excluding diaryl/α,β-unsaturated/α-hetero) is 1. The predicted molar refractivity (Wildman–Crippen MR) is 63.4 cm³/mol. The average Bonchev–Trinajstić information content (AvgIpc) is 2.27. The Labute approximate surface area is 97.6 Å². The van der Waals surface area contributed by atoms with E-state index in [0.29, 0.717) is 12.3 Å². The van der Waals surface area contributed by atoms with Gasteiger partial charge in [-0.1, -0.05) is 26.3 Å². The first-order valence-electron chi connectivity index (χ1n) is 5.71. The third-order valence-electron chi connectivity index (χ3n) is 2.69. The minimum absolute atomic E-state index is 0.0702. The summed E-state index contributed by atoms with van der Waals surface area (Å²) >= 11 is 0. The van der Waals surface area contributed by atoms with Crippen LogP contribution < -0.4 is 0 Å². The molecule has 0 amide bonds. The van der Waals surface area contributed by atoms with Crippen LogP contribution in [0, 0.1) is 11.4 Å². The summed E-state index contributed by atoms with van der Waals surface area (Å²) in [6.07, 6.45) is 3.51. The van der Waals surface area contributed by atoms with Gasteiger partial charge in [0.25, 0.3) is 0 Å². The molecule has 0 aromatic rings. The molecule has 4 heteroatoms. The van der Waals surface area contributed by atoms with Crippen molar-refractivity contribution in [2.24, 2.45) is 11.0 Å². The van der Waals surface area contributed by atoms with E-state index in [1.807, 2.05) is 13.8 Å². The van der Waals surface area contributed by atoms with Crippen LogP contribution in [0.2, 0.25) is 0 Å². The third kappa shape index (κ3) is 5.16. The lowest BCUT2D eigenvalue weighted by Crippen LogP contribution is -2.27. The van der Waals surface area contributed by atoms with E-state index >= 15 is 0 Å². The van der Waals surface area contributed by atoms with Gasteiger partial charge in [0.1, 0.15) is 5.78 Å². The Morgan fingerprint density at radius 3 is 2.56 bits per heavy atom. The van der Waals surface area contributed by atoms with Gasteiger partial charge in [-0.2, -0.15) is 5.11 Å². The number of carbonyl (C=O) groups is 1. The van der Waals surface area contributed by atoms with Gasteiger partial charge in [0.15, 0.2) is 0 Å². The van der Waals surface area contributed by atoms with Crippen LogP contribution in [0.5, 0.6) is 0 Å². The number of nitrogens with zero attached hydrogens (tertiary/aromatic N) is 1. The lowest BCUT2D eigenvalue weighted by Gasteiger charge is -2.22. The molecular formula is C12H22N2O2. The monoisotopic (exact) mass is 226 g/mol. The molecule has 0 aliphatic heterocycles. The molecule has 0 spiro atoms. The van der Waals surface area contributed by atoms with Gasteiger partial charge in [-0.3, -0.25) is 4.79 Å². The molecule has 0 saturated heterocycles. The van der Waals surface area contributed by atoms with Crippen molar-refractivity contribution >= 4 is 5.78 Å². The van der Waals surface area contributed by atoms with E-state index in [0.717, 1.165) is 12.8 Å². The van der Waals surface area contributed by atoms with E-state index in [-0.39, 0.29) is 17.8 Å². The van der Waals surface area contributed by atoms with Gasteiger partial charge in [0, 0.05) is 5.92 Å². The summed E-state index contributed by atoms with van der Waals surface area (Å²) in [5.41, 5.74) is 7.50. The highest BCUT2D eigenvalue weighted by molar-refractivity contribution is 5.78. The van der Waals surface area contributed by atoms with Crippen LogP contribution >= 0.6 is 0 Å². The van der Waals surface area contributed by atoms with Crippen molar-refractivity contribution < 1.29 is 9.53 Å². The average molecular weight is 226 g/mol. The van der Waals surface area contributed by atoms with Crippen molar-refractivity contribution in [1.82, 2.24) is 0 Å². The predicted octanol–water partition coefficient (Wildman–Crippen LogP) is 3.33. The second kappa shape index (κ2) is 8.16. The number of hydrogen-bond donors (Lipinski definition) is 1. The standard InChI is InChI=1S/C12H22N2O2/c1-5-7-12(9(3)10(4)15)16-8-11(6-2)14-13/h6,9,12-13H,5,7-8H2,1-4H3/b11-6-,14-13?/t9-,12+/m1/s1. The molecule has 0 aromatic heterocycles. The van der Waals surface area contributed by atoms with E-state index in [1.54, 1.807) is 13.0 Å². The molecule has 0 aliphatic rings. The largest absolute Gasteiger partial charge is 0.371 e. The summed E-state index contributed by atoms with van der Waals surface area (Å²) in [5.74, 6) is 0.0482. The Morgan fingerprint density at radius 1 is 1.56 bits per heavy atom. The highest BCUT2D eigenvalue weighted by Gasteiger charge is 2.21. The van der Waals surface area contributed by atoms with E-state index in [2.05, 4.69) is 12.0 Å². The number of rotatable bonds is 8. The van der Waals surface area contributed by atoms with Gasteiger partial charge >= 0.3 is 0 Å². The molecule has 0 rings (SSSR count). The van der Waals surface area contributed by atoms with Crippen LogP contribution in [0.4, 0.5) is 0 Å². The molecule has 0 bridgehead atoms. The first-order chi connectivity index (χ1) is 7.56. The zero-order chi connectivity index (χ0) is 12.6. The molecule has 0 aliphatic carbocycles. The van der Waals surface area contributed by atoms with Crippen molar-refractivity contribution in [2.75, 3.05) is 6.61 Å². The zero-order valence-corrected chi connectivity index (χ0v) is 10.6. The molecule has 0 fully saturated rings. The molecule has 92 valence electrons. The van der Waals surface area contributed by atoms with Gasteiger partial charge in [-0.05, 0) is 20.3 Å². The quantitative estimate of drug-likeness (QED) is 0.645. The maximum Gasteiger partial charge on any atom is 0.135 e. The molecular weight excluding hydrogens is 204 g/mol. The van der Waals surface area contributed by atoms with Crippen molar-refractivity contribution in [2.45, 2.75) is 46.6 Å². The number of ketones is 1. The molecule has 16 heavy (non-hydrogen) atoms. The normalized spacial score (nSPS) is 15.6. The van der Waals surface area contributed by atoms with Crippen molar-refractivity contribution in [1.29, 1.82) is 5.53 Å². The number of allylic oxidation sites excluding steroid dienone is 1. The van der Waals surface area contributed by atoms with E-state index in [9.17, 15) is 4.79 Å². The van der Waals surface area contributed by atoms with Gasteiger partial charge in [-0.25, -0.2) is 5.53 Å². The fourth-order valence-electron chi connectivity index (χ4n) is 1.40. The fourth-order valence-corrected chi connectivity index (χ4v) is 1.40. The summed E-state index contributed by atoms with van der Waals surface area (Å²) in [4.78, 5) is 11.3. The minimum atomic E-state index is -0.0937. The van der Waals surface area contributed by atoms with Crippen molar-refractivity contribution in [3.05, 3.63) is 11.8 Å². The number of ether oxygens (including phenoxy) is 1. The number of hydrogen-bond acceptors (Lipinski definition) is 4. The van der Waals surface area contributed by atoms with Crippen LogP contribution in [-0.4, -0.2) is 18.5 Å². The molecule has 1 N–H and O–H groups in total. The van der Waals surface area contributed by atoms with Gasteiger partial charge in [0.2, 0.25) is 0 Å². The van der Waals surface area contributed by atoms with Crippen LogP contribution in [0.3, 0.4) is 0 Å². The molecule has 0 heterocycles. The molecule has 0 radical (unpaired) electrons. The maximum absolute atomic E-state index is 11.3. The Balaban J connectivity index is 4.33. The van der Waals surface area contributed by atoms with Crippen LogP contribution in [-0.2, 0) is 9.53 Å². The second-order valence-electron chi connectivity index (χ2n) is 3.93. The van der Waals surface area contributed by atoms with Crippen molar-refractivity contribution in [3.8, 4) is 0 Å². The topological polar surface area (TPSA) is 62.5 Å². The number of nitrogens with one attached hydrogen (secondary N) is 1. The molecule has 0 saturated carbocycles. The Kier molecular flexibility index (Phi) is 7.64. The minimum Gasteiger partial charge on any atom is -0.371 e. The molecule has 2 atom stereocenters. The van der Waals surface area contributed by atoms with Crippen LogP contribution in [0.1, 0.15) is 40.5 Å². The molecule has 4 nitrogen and oxygen atoms in total. The first-order valence-corrected chi connectivity index (χ1v) is 5.71. The SMILES string of the molecule is C/C=C(/CO[C@@H](CCC)[C@H](C)C(C)=O)N=N. The second-order valence-corrected chi connectivity index (χ2v) is 3.93. The van der Waals surface area contributed by atoms with Crippen LogP contribution in [0.15, 0.2) is 16.9 Å². The van der Waals surface area contributed by atoms with E-state index in [4.69, 9.17) is 10.3 Å². The Bertz CT molecular complexity index is 262. The number of carbonyl (C=O) groups excluding carboxylic acids is 1. The highest BCUT2D eigenvalue weighted by Crippen LogP contribution is 2.16. The van der Waals surface area contributed by atoms with Crippen LogP contribution in [0.25, 0.3) is 0 Å². The third-order valence-corrected chi connectivity index (χ3v) is 2.69. The lowest BCUT2D eigenvalue weighted by atomic mass is 9.97. The van der Waals surface area contributed by atoms with E-state index < -0.39 is 0 Å². The summed E-state index contributed by atoms with van der Waals surface area (Å²) < 4.78 is 5.65. The summed E-state index contributed by atoms with van der Waals surface area (Å²) in [6, 6.07) is 0. The highest BCUT2D eigenvalue weighted by atomic mass is 16.5. The van der Waals surface area contributed by atoms with Crippen molar-refractivity contribution in [3.63, 3.8) is 0 Å². The Hall–Kier alpha value is -1.03. The fraction of sp³-hybridized carbons (Fsp3) is 0.750. The first kappa shape index (κ1) is 15.0. The van der Waals surface area contributed by atoms with Gasteiger partial charge in [0.05, 0.1) is 18.4 Å².